The summed E-state index contributed by atoms with van der Waals surface area (Å²) >= 11 is 8.78. The molecular weight excluding hydrogens is 298 g/mol. The van der Waals surface area contributed by atoms with Gasteiger partial charge in [-0.25, -0.2) is 5.01 Å². The largest absolute Gasteiger partial charge is 0.354 e. The predicted octanol–water partition coefficient (Wildman–Crippen LogP) is 2.71. The molecule has 0 unspecified atom stereocenters. The minimum atomic E-state index is 0.759. The van der Waals surface area contributed by atoms with Crippen LogP contribution in [0.3, 0.4) is 0 Å². The van der Waals surface area contributed by atoms with Crippen LogP contribution in [0, 0.1) is 0 Å². The van der Waals surface area contributed by atoms with Crippen LogP contribution in [0.2, 0.25) is 0 Å². The summed E-state index contributed by atoms with van der Waals surface area (Å²) in [5, 5.41) is 7.21. The molecule has 2 rings (SSSR count). The second-order valence-corrected chi connectivity index (χ2v) is 5.39. The quantitative estimate of drug-likeness (QED) is 0.743. The van der Waals surface area contributed by atoms with Gasteiger partial charge < -0.3 is 4.90 Å². The molecule has 1 aliphatic rings. The highest BCUT2D eigenvalue weighted by Gasteiger charge is 2.19. The molecule has 0 radical (unpaired) electrons. The van der Waals surface area contributed by atoms with Gasteiger partial charge in [-0.3, -0.25) is 0 Å². The molecule has 3 nitrogen and oxygen atoms in total. The Labute approximate surface area is 115 Å². The number of hydrogen-bond acceptors (Lipinski definition) is 2. The number of hydrogen-bond donors (Lipinski definition) is 0. The van der Waals surface area contributed by atoms with Crippen molar-refractivity contribution in [1.29, 1.82) is 0 Å². The van der Waals surface area contributed by atoms with Gasteiger partial charge in [-0.05, 0) is 29.9 Å². The Morgan fingerprint density at radius 2 is 2.24 bits per heavy atom. The van der Waals surface area contributed by atoms with Gasteiger partial charge in [0.1, 0.15) is 0 Å². The third-order valence-electron chi connectivity index (χ3n) is 2.56. The number of halogens is 1. The number of benzene rings is 1. The lowest BCUT2D eigenvalue weighted by molar-refractivity contribution is 0.427. The van der Waals surface area contributed by atoms with Crippen molar-refractivity contribution in [3.05, 3.63) is 34.3 Å². The highest BCUT2D eigenvalue weighted by Crippen LogP contribution is 2.18. The van der Waals surface area contributed by atoms with Crippen LogP contribution in [0.15, 0.2) is 33.8 Å². The van der Waals surface area contributed by atoms with Gasteiger partial charge in [0.25, 0.3) is 0 Å². The van der Waals surface area contributed by atoms with Gasteiger partial charge in [0.15, 0.2) is 5.11 Å². The Balaban J connectivity index is 2.20. The Kier molecular flexibility index (Phi) is 3.79. The number of rotatable bonds is 1. The lowest BCUT2D eigenvalue weighted by Crippen LogP contribution is -2.33. The Bertz CT molecular complexity index is 471. The maximum absolute atomic E-state index is 5.30. The molecule has 0 fully saturated rings. The Morgan fingerprint density at radius 3 is 2.88 bits per heavy atom. The molecule has 0 atom stereocenters. The third-order valence-corrected chi connectivity index (χ3v) is 3.63. The van der Waals surface area contributed by atoms with Crippen LogP contribution in [-0.4, -0.2) is 41.4 Å². The van der Waals surface area contributed by atoms with E-state index >= 15 is 0 Å². The maximum Gasteiger partial charge on any atom is 0.191 e. The summed E-state index contributed by atoms with van der Waals surface area (Å²) in [6.45, 7) is 0.860. The summed E-state index contributed by atoms with van der Waals surface area (Å²) < 4.78 is 1.08. The molecule has 90 valence electrons. The van der Waals surface area contributed by atoms with Crippen LogP contribution in [0.4, 0.5) is 0 Å². The van der Waals surface area contributed by atoms with Gasteiger partial charge in [-0.2, -0.15) is 5.10 Å². The van der Waals surface area contributed by atoms with Crippen molar-refractivity contribution in [1.82, 2.24) is 9.91 Å². The normalized spacial score (nSPS) is 14.8. The van der Waals surface area contributed by atoms with Crippen molar-refractivity contribution in [2.24, 2.45) is 5.10 Å². The molecule has 0 aromatic heterocycles. The van der Waals surface area contributed by atoms with Crippen LogP contribution >= 0.6 is 28.1 Å². The van der Waals surface area contributed by atoms with Crippen molar-refractivity contribution < 1.29 is 0 Å². The second kappa shape index (κ2) is 5.14. The molecule has 1 aliphatic heterocycles. The fourth-order valence-corrected chi connectivity index (χ4v) is 2.23. The van der Waals surface area contributed by atoms with E-state index in [-0.39, 0.29) is 0 Å². The topological polar surface area (TPSA) is 18.8 Å². The standard InChI is InChI=1S/C12H14BrN3S/c1-15(2)12(17)16-7-6-11(14-16)9-4-3-5-10(13)8-9/h3-5,8H,6-7H2,1-2H3. The number of thiocarbonyl (C=S) groups is 1. The second-order valence-electron chi connectivity index (χ2n) is 4.11. The van der Waals surface area contributed by atoms with Gasteiger partial charge in [-0.15, -0.1) is 0 Å². The first kappa shape index (κ1) is 12.5. The summed E-state index contributed by atoms with van der Waals surface area (Å²) in [4.78, 5) is 1.91. The van der Waals surface area contributed by atoms with Crippen molar-refractivity contribution in [3.63, 3.8) is 0 Å². The van der Waals surface area contributed by atoms with Crippen LogP contribution in [0.25, 0.3) is 0 Å². The molecule has 0 saturated heterocycles. The van der Waals surface area contributed by atoms with Crippen LogP contribution in [0.1, 0.15) is 12.0 Å². The summed E-state index contributed by atoms with van der Waals surface area (Å²) in [5.41, 5.74) is 2.25. The van der Waals surface area contributed by atoms with E-state index in [1.807, 2.05) is 36.1 Å². The average Bonchev–Trinajstić information content (AvgIpc) is 2.77. The van der Waals surface area contributed by atoms with E-state index in [0.29, 0.717) is 0 Å². The first-order valence-electron chi connectivity index (χ1n) is 5.40. The smallest absolute Gasteiger partial charge is 0.191 e. The molecule has 1 aromatic rings. The molecule has 1 aromatic carbocycles. The van der Waals surface area contributed by atoms with Crippen molar-refractivity contribution in [2.75, 3.05) is 20.6 Å². The molecule has 1 heterocycles. The predicted molar refractivity (Wildman–Crippen MR) is 78.3 cm³/mol. The summed E-state index contributed by atoms with van der Waals surface area (Å²) in [5.74, 6) is 0. The summed E-state index contributed by atoms with van der Waals surface area (Å²) in [7, 11) is 3.88. The third kappa shape index (κ3) is 2.84. The van der Waals surface area contributed by atoms with E-state index in [4.69, 9.17) is 12.2 Å². The fourth-order valence-electron chi connectivity index (χ4n) is 1.70. The summed E-state index contributed by atoms with van der Waals surface area (Å²) in [6, 6.07) is 8.20. The zero-order valence-electron chi connectivity index (χ0n) is 9.85. The number of nitrogens with zero attached hydrogens (tertiary/aromatic N) is 3. The molecule has 0 spiro atoms. The molecule has 0 amide bonds. The molecule has 0 N–H and O–H groups in total. The van der Waals surface area contributed by atoms with Gasteiger partial charge in [-0.1, -0.05) is 28.1 Å². The molecule has 0 bridgehead atoms. The molecule has 17 heavy (non-hydrogen) atoms. The van der Waals surface area contributed by atoms with E-state index in [9.17, 15) is 0 Å². The minimum absolute atomic E-state index is 0.759. The van der Waals surface area contributed by atoms with E-state index in [2.05, 4.69) is 33.2 Å². The monoisotopic (exact) mass is 311 g/mol. The maximum atomic E-state index is 5.30. The van der Waals surface area contributed by atoms with Crippen molar-refractivity contribution >= 4 is 39.0 Å². The van der Waals surface area contributed by atoms with Crippen LogP contribution < -0.4 is 0 Å². The molecule has 5 heteroatoms. The van der Waals surface area contributed by atoms with Crippen molar-refractivity contribution in [3.8, 4) is 0 Å². The molecule has 0 aliphatic carbocycles. The number of hydrazone groups is 1. The average molecular weight is 312 g/mol. The Morgan fingerprint density at radius 1 is 1.47 bits per heavy atom. The highest BCUT2D eigenvalue weighted by atomic mass is 79.9. The minimum Gasteiger partial charge on any atom is -0.354 e. The zero-order valence-corrected chi connectivity index (χ0v) is 12.3. The zero-order chi connectivity index (χ0) is 12.4. The SMILES string of the molecule is CN(C)C(=S)N1CCC(c2cccc(Br)c2)=N1. The van der Waals surface area contributed by atoms with Gasteiger partial charge in [0, 0.05) is 31.5 Å². The van der Waals surface area contributed by atoms with Gasteiger partial charge in [0.2, 0.25) is 0 Å². The molecule has 0 saturated carbocycles. The molecular formula is C12H14BrN3S. The lowest BCUT2D eigenvalue weighted by Gasteiger charge is -2.20. The van der Waals surface area contributed by atoms with Crippen LogP contribution in [-0.2, 0) is 0 Å². The highest BCUT2D eigenvalue weighted by molar-refractivity contribution is 9.10. The van der Waals surface area contributed by atoms with Crippen molar-refractivity contribution in [2.45, 2.75) is 6.42 Å². The fraction of sp³-hybridized carbons (Fsp3) is 0.333. The lowest BCUT2D eigenvalue weighted by atomic mass is 10.1. The summed E-state index contributed by atoms with van der Waals surface area (Å²) in [6.07, 6.45) is 0.935. The van der Waals surface area contributed by atoms with Gasteiger partial charge in [0.05, 0.1) is 5.71 Å². The van der Waals surface area contributed by atoms with E-state index in [1.54, 1.807) is 0 Å². The Hall–Kier alpha value is -0.940. The first-order chi connectivity index (χ1) is 8.08. The van der Waals surface area contributed by atoms with E-state index in [1.165, 1.54) is 0 Å². The first-order valence-corrected chi connectivity index (χ1v) is 6.60. The van der Waals surface area contributed by atoms with E-state index in [0.717, 1.165) is 33.8 Å². The van der Waals surface area contributed by atoms with Gasteiger partial charge >= 0.3 is 0 Å². The van der Waals surface area contributed by atoms with Crippen LogP contribution in [0.5, 0.6) is 0 Å². The van der Waals surface area contributed by atoms with E-state index < -0.39 is 0 Å².